The van der Waals surface area contributed by atoms with Gasteiger partial charge in [0.2, 0.25) is 5.91 Å². The van der Waals surface area contributed by atoms with Gasteiger partial charge in [-0.25, -0.2) is 0 Å². The molecule has 0 saturated heterocycles. The predicted octanol–water partition coefficient (Wildman–Crippen LogP) is -0.107. The number of likely N-dealkylation sites (N-methyl/N-ethyl adjacent to an activating group) is 1. The zero-order valence-corrected chi connectivity index (χ0v) is 9.84. The second-order valence-electron chi connectivity index (χ2n) is 3.51. The normalized spacial score (nSPS) is 14.9. The Kier molecular flexibility index (Phi) is 7.29. The van der Waals surface area contributed by atoms with Crippen molar-refractivity contribution >= 4 is 5.91 Å². The molecule has 0 aliphatic heterocycles. The van der Waals surface area contributed by atoms with Crippen LogP contribution in [0.15, 0.2) is 0 Å². The van der Waals surface area contributed by atoms with Gasteiger partial charge in [0, 0.05) is 13.2 Å². The number of ether oxygens (including phenoxy) is 2. The maximum absolute atomic E-state index is 11.1. The third kappa shape index (κ3) is 5.71. The number of primary amides is 1. The van der Waals surface area contributed by atoms with Gasteiger partial charge in [0.15, 0.2) is 0 Å². The van der Waals surface area contributed by atoms with Gasteiger partial charge in [-0.1, -0.05) is 0 Å². The lowest BCUT2D eigenvalue weighted by atomic mass is 9.98. The summed E-state index contributed by atoms with van der Waals surface area (Å²) in [5, 5.41) is 2.89. The van der Waals surface area contributed by atoms with Gasteiger partial charge < -0.3 is 20.5 Å². The molecule has 0 aromatic rings. The van der Waals surface area contributed by atoms with E-state index in [0.29, 0.717) is 32.8 Å². The van der Waals surface area contributed by atoms with Crippen molar-refractivity contribution in [3.8, 4) is 0 Å². The van der Waals surface area contributed by atoms with Crippen molar-refractivity contribution in [3.05, 3.63) is 0 Å². The number of nitrogens with one attached hydrogen (secondary N) is 1. The monoisotopic (exact) mass is 218 g/mol. The summed E-state index contributed by atoms with van der Waals surface area (Å²) in [7, 11) is 1.71. The van der Waals surface area contributed by atoms with E-state index in [2.05, 4.69) is 5.32 Å². The molecule has 0 aromatic carbocycles. The van der Waals surface area contributed by atoms with Crippen LogP contribution in [0, 0.1) is 0 Å². The van der Waals surface area contributed by atoms with E-state index in [1.807, 2.05) is 6.92 Å². The Morgan fingerprint density at radius 2 is 1.93 bits per heavy atom. The fourth-order valence-electron chi connectivity index (χ4n) is 1.01. The van der Waals surface area contributed by atoms with Crippen LogP contribution in [-0.2, 0) is 14.3 Å². The Bertz CT molecular complexity index is 188. The third-order valence-corrected chi connectivity index (χ3v) is 2.42. The van der Waals surface area contributed by atoms with E-state index >= 15 is 0 Å². The van der Waals surface area contributed by atoms with E-state index < -0.39 is 5.54 Å². The predicted molar refractivity (Wildman–Crippen MR) is 58.6 cm³/mol. The van der Waals surface area contributed by atoms with E-state index in [-0.39, 0.29) is 5.91 Å². The van der Waals surface area contributed by atoms with E-state index in [1.54, 1.807) is 14.0 Å². The maximum Gasteiger partial charge on any atom is 0.237 e. The van der Waals surface area contributed by atoms with Crippen LogP contribution in [0.5, 0.6) is 0 Å². The molecule has 3 N–H and O–H groups in total. The first-order valence-corrected chi connectivity index (χ1v) is 5.21. The summed E-state index contributed by atoms with van der Waals surface area (Å²) >= 11 is 0. The van der Waals surface area contributed by atoms with Gasteiger partial charge in [-0.2, -0.15) is 0 Å². The number of hydrogen-bond acceptors (Lipinski definition) is 4. The summed E-state index contributed by atoms with van der Waals surface area (Å²) in [6.45, 7) is 6.02. The van der Waals surface area contributed by atoms with Gasteiger partial charge in [-0.15, -0.1) is 0 Å². The molecule has 0 rings (SSSR count). The Balaban J connectivity index is 3.60. The number of carbonyl (C=O) groups is 1. The van der Waals surface area contributed by atoms with Gasteiger partial charge in [-0.3, -0.25) is 4.79 Å². The highest BCUT2D eigenvalue weighted by molar-refractivity contribution is 5.84. The third-order valence-electron chi connectivity index (χ3n) is 2.42. The van der Waals surface area contributed by atoms with Crippen molar-refractivity contribution in [1.82, 2.24) is 5.32 Å². The maximum atomic E-state index is 11.1. The molecule has 0 heterocycles. The van der Waals surface area contributed by atoms with Crippen molar-refractivity contribution in [2.24, 2.45) is 5.73 Å². The minimum Gasteiger partial charge on any atom is -0.379 e. The van der Waals surface area contributed by atoms with Gasteiger partial charge in [-0.05, 0) is 27.3 Å². The Morgan fingerprint density at radius 3 is 2.40 bits per heavy atom. The van der Waals surface area contributed by atoms with Gasteiger partial charge >= 0.3 is 0 Å². The van der Waals surface area contributed by atoms with Crippen molar-refractivity contribution in [2.75, 3.05) is 33.5 Å². The molecular formula is C10H22N2O3. The minimum atomic E-state index is -0.689. The molecule has 5 nitrogen and oxygen atoms in total. The van der Waals surface area contributed by atoms with Crippen molar-refractivity contribution in [3.63, 3.8) is 0 Å². The van der Waals surface area contributed by atoms with Gasteiger partial charge in [0.25, 0.3) is 0 Å². The minimum absolute atomic E-state index is 0.363. The first kappa shape index (κ1) is 14.3. The molecule has 0 radical (unpaired) electrons. The Hall–Kier alpha value is -0.650. The van der Waals surface area contributed by atoms with Crippen LogP contribution >= 0.6 is 0 Å². The Morgan fingerprint density at radius 1 is 1.33 bits per heavy atom. The summed E-state index contributed by atoms with van der Waals surface area (Å²) < 4.78 is 10.4. The van der Waals surface area contributed by atoms with E-state index in [1.165, 1.54) is 0 Å². The highest BCUT2D eigenvalue weighted by Crippen LogP contribution is 2.07. The molecule has 0 fully saturated rings. The van der Waals surface area contributed by atoms with Crippen LogP contribution in [-0.4, -0.2) is 44.9 Å². The van der Waals surface area contributed by atoms with Crippen LogP contribution in [0.4, 0.5) is 0 Å². The topological polar surface area (TPSA) is 73.6 Å². The largest absolute Gasteiger partial charge is 0.379 e. The lowest BCUT2D eigenvalue weighted by Crippen LogP contribution is -2.52. The number of hydrogen-bond donors (Lipinski definition) is 2. The van der Waals surface area contributed by atoms with Crippen LogP contribution in [0.1, 0.15) is 20.3 Å². The van der Waals surface area contributed by atoms with E-state index in [4.69, 9.17) is 15.2 Å². The first-order valence-electron chi connectivity index (χ1n) is 5.21. The van der Waals surface area contributed by atoms with Crippen LogP contribution in [0.25, 0.3) is 0 Å². The summed E-state index contributed by atoms with van der Waals surface area (Å²) in [6, 6.07) is 0. The second-order valence-corrected chi connectivity index (χ2v) is 3.51. The van der Waals surface area contributed by atoms with Gasteiger partial charge in [0.05, 0.1) is 18.8 Å². The second kappa shape index (κ2) is 7.62. The fourth-order valence-corrected chi connectivity index (χ4v) is 1.01. The van der Waals surface area contributed by atoms with Crippen molar-refractivity contribution < 1.29 is 14.3 Å². The average Bonchev–Trinajstić information content (AvgIpc) is 2.22. The fraction of sp³-hybridized carbons (Fsp3) is 0.900. The average molecular weight is 218 g/mol. The zero-order valence-electron chi connectivity index (χ0n) is 9.84. The molecule has 5 heteroatoms. The molecule has 1 amide bonds. The van der Waals surface area contributed by atoms with E-state index in [9.17, 15) is 4.79 Å². The SMILES string of the molecule is CCOCCOCCC(C)(NC)C(N)=O. The summed E-state index contributed by atoms with van der Waals surface area (Å²) in [5.74, 6) is -0.363. The number of rotatable bonds is 9. The van der Waals surface area contributed by atoms with Crippen LogP contribution in [0.3, 0.4) is 0 Å². The number of nitrogens with two attached hydrogens (primary N) is 1. The van der Waals surface area contributed by atoms with Crippen LogP contribution < -0.4 is 11.1 Å². The standard InChI is InChI=1S/C10H22N2O3/c1-4-14-7-8-15-6-5-10(2,12-3)9(11)13/h12H,4-8H2,1-3H3,(H2,11,13). The summed E-state index contributed by atoms with van der Waals surface area (Å²) in [6.07, 6.45) is 0.560. The lowest BCUT2D eigenvalue weighted by molar-refractivity contribution is -0.124. The molecular weight excluding hydrogens is 196 g/mol. The molecule has 1 unspecified atom stereocenters. The summed E-state index contributed by atoms with van der Waals surface area (Å²) in [4.78, 5) is 11.1. The van der Waals surface area contributed by atoms with Crippen LogP contribution in [0.2, 0.25) is 0 Å². The van der Waals surface area contributed by atoms with Crippen molar-refractivity contribution in [1.29, 1.82) is 0 Å². The quantitative estimate of drug-likeness (QED) is 0.530. The molecule has 15 heavy (non-hydrogen) atoms. The molecule has 0 aliphatic carbocycles. The van der Waals surface area contributed by atoms with Crippen molar-refractivity contribution in [2.45, 2.75) is 25.8 Å². The summed E-state index contributed by atoms with van der Waals surface area (Å²) in [5.41, 5.74) is 4.57. The molecule has 90 valence electrons. The highest BCUT2D eigenvalue weighted by atomic mass is 16.5. The highest BCUT2D eigenvalue weighted by Gasteiger charge is 2.28. The smallest absolute Gasteiger partial charge is 0.237 e. The molecule has 0 bridgehead atoms. The molecule has 1 atom stereocenters. The number of amides is 1. The lowest BCUT2D eigenvalue weighted by Gasteiger charge is -2.25. The zero-order chi connectivity index (χ0) is 11.7. The first-order chi connectivity index (χ1) is 7.06. The van der Waals surface area contributed by atoms with Gasteiger partial charge in [0.1, 0.15) is 0 Å². The molecule has 0 saturated carbocycles. The Labute approximate surface area is 91.3 Å². The van der Waals surface area contributed by atoms with E-state index in [0.717, 1.165) is 0 Å². The molecule has 0 spiro atoms. The molecule has 0 aliphatic rings. The molecule has 0 aromatic heterocycles. The number of carbonyl (C=O) groups excluding carboxylic acids is 1.